The van der Waals surface area contributed by atoms with Crippen LogP contribution in [0.4, 0.5) is 0 Å². The summed E-state index contributed by atoms with van der Waals surface area (Å²) < 4.78 is 5.17. The van der Waals surface area contributed by atoms with Gasteiger partial charge in [0, 0.05) is 21.7 Å². The lowest BCUT2D eigenvalue weighted by Crippen LogP contribution is -2.05. The molecule has 6 heteroatoms. The van der Waals surface area contributed by atoms with Gasteiger partial charge in [-0.05, 0) is 55.5 Å². The number of carbonyl (C=O) groups is 1. The maximum Gasteiger partial charge on any atom is 0.173 e. The van der Waals surface area contributed by atoms with Crippen LogP contribution in [-0.4, -0.2) is 28.6 Å². The number of hydrogen-bond acceptors (Lipinski definition) is 6. The number of hydrogen-bond donors (Lipinski definition) is 0. The Hall–Kier alpha value is -1.92. The summed E-state index contributed by atoms with van der Waals surface area (Å²) in [5.74, 6) is 2.37. The molecule has 0 bridgehead atoms. The fraction of sp³-hybridized carbons (Fsp3) is 0.409. The quantitative estimate of drug-likeness (QED) is 0.296. The average molecular weight is 413 g/mol. The van der Waals surface area contributed by atoms with E-state index in [-0.39, 0.29) is 11.7 Å². The fourth-order valence-electron chi connectivity index (χ4n) is 3.50. The van der Waals surface area contributed by atoms with Gasteiger partial charge in [-0.1, -0.05) is 25.6 Å². The zero-order valence-electron chi connectivity index (χ0n) is 16.4. The van der Waals surface area contributed by atoms with Crippen molar-refractivity contribution in [1.29, 1.82) is 0 Å². The van der Waals surface area contributed by atoms with Crippen LogP contribution in [0.15, 0.2) is 29.3 Å². The third kappa shape index (κ3) is 3.80. The first-order valence-corrected chi connectivity index (χ1v) is 11.5. The van der Waals surface area contributed by atoms with E-state index >= 15 is 0 Å². The van der Waals surface area contributed by atoms with E-state index in [9.17, 15) is 4.79 Å². The molecule has 3 aromatic rings. The maximum absolute atomic E-state index is 12.7. The molecule has 0 aliphatic heterocycles. The molecule has 0 fully saturated rings. The molecular formula is C22H24N2O2S2. The monoisotopic (exact) mass is 412 g/mol. The highest BCUT2D eigenvalue weighted by Crippen LogP contribution is 2.40. The van der Waals surface area contributed by atoms with Crippen molar-refractivity contribution < 1.29 is 9.53 Å². The number of Topliss-reactive ketones (excluding diaryl/α,β-unsaturated/α-hetero) is 1. The number of benzene rings is 1. The molecule has 28 heavy (non-hydrogen) atoms. The molecule has 146 valence electrons. The average Bonchev–Trinajstić information content (AvgIpc) is 3.10. The lowest BCUT2D eigenvalue weighted by atomic mass is 9.97. The van der Waals surface area contributed by atoms with Gasteiger partial charge in [-0.25, -0.2) is 9.97 Å². The second-order valence-corrected chi connectivity index (χ2v) is 9.42. The largest absolute Gasteiger partial charge is 0.497 e. The molecule has 0 atom stereocenters. The Morgan fingerprint density at radius 1 is 1.18 bits per heavy atom. The van der Waals surface area contributed by atoms with Gasteiger partial charge in [0.15, 0.2) is 5.78 Å². The van der Waals surface area contributed by atoms with Crippen LogP contribution in [0, 0.1) is 0 Å². The van der Waals surface area contributed by atoms with Crippen molar-refractivity contribution >= 4 is 39.1 Å². The van der Waals surface area contributed by atoms with Crippen LogP contribution in [0.1, 0.15) is 59.2 Å². The number of thiophene rings is 1. The van der Waals surface area contributed by atoms with Gasteiger partial charge < -0.3 is 4.74 Å². The topological polar surface area (TPSA) is 52.1 Å². The number of aryl methyl sites for hydroxylation is 2. The van der Waals surface area contributed by atoms with Crippen molar-refractivity contribution in [1.82, 2.24) is 9.97 Å². The van der Waals surface area contributed by atoms with E-state index in [1.807, 2.05) is 35.6 Å². The van der Waals surface area contributed by atoms with Crippen molar-refractivity contribution in [2.45, 2.75) is 50.5 Å². The van der Waals surface area contributed by atoms with Crippen LogP contribution in [0.25, 0.3) is 10.2 Å². The first kappa shape index (κ1) is 19.4. The zero-order valence-corrected chi connectivity index (χ0v) is 18.1. The number of rotatable bonds is 6. The Labute approximate surface area is 173 Å². The van der Waals surface area contributed by atoms with Gasteiger partial charge in [0.25, 0.3) is 0 Å². The van der Waals surface area contributed by atoms with Gasteiger partial charge in [-0.15, -0.1) is 11.3 Å². The van der Waals surface area contributed by atoms with Gasteiger partial charge in [0.2, 0.25) is 0 Å². The van der Waals surface area contributed by atoms with Crippen LogP contribution in [0.5, 0.6) is 5.75 Å². The van der Waals surface area contributed by atoms with E-state index in [0.29, 0.717) is 11.3 Å². The molecule has 1 aliphatic carbocycles. The summed E-state index contributed by atoms with van der Waals surface area (Å²) in [6, 6.07) is 7.30. The second kappa shape index (κ2) is 8.21. The van der Waals surface area contributed by atoms with Crippen molar-refractivity contribution in [2.24, 2.45) is 0 Å². The first-order chi connectivity index (χ1) is 13.6. The molecule has 0 saturated heterocycles. The van der Waals surface area contributed by atoms with Crippen molar-refractivity contribution in [3.05, 3.63) is 46.1 Å². The molecule has 2 aromatic heterocycles. The predicted octanol–water partition coefficient (Wildman–Crippen LogP) is 5.68. The van der Waals surface area contributed by atoms with Gasteiger partial charge >= 0.3 is 0 Å². The minimum atomic E-state index is 0.106. The van der Waals surface area contributed by atoms with Gasteiger partial charge in [-0.2, -0.15) is 0 Å². The van der Waals surface area contributed by atoms with Crippen molar-refractivity contribution in [3.8, 4) is 5.75 Å². The summed E-state index contributed by atoms with van der Waals surface area (Å²) in [6.45, 7) is 4.23. The molecule has 0 N–H and O–H groups in total. The molecule has 2 heterocycles. The number of nitrogens with zero attached hydrogens (tertiary/aromatic N) is 2. The summed E-state index contributed by atoms with van der Waals surface area (Å²) in [6.07, 6.45) is 4.71. The number of carbonyl (C=O) groups excluding carboxylic acids is 1. The Kier molecular flexibility index (Phi) is 5.69. The lowest BCUT2D eigenvalue weighted by molar-refractivity contribution is 0.102. The molecule has 0 radical (unpaired) electrons. The highest BCUT2D eigenvalue weighted by molar-refractivity contribution is 8.00. The number of aromatic nitrogens is 2. The molecule has 0 unspecified atom stereocenters. The summed E-state index contributed by atoms with van der Waals surface area (Å²) in [5, 5.41) is 2.16. The number of methoxy groups -OCH3 is 1. The van der Waals surface area contributed by atoms with Gasteiger partial charge in [-0.3, -0.25) is 4.79 Å². The fourth-order valence-corrected chi connectivity index (χ4v) is 5.79. The van der Waals surface area contributed by atoms with E-state index in [0.717, 1.165) is 34.3 Å². The van der Waals surface area contributed by atoms with Crippen LogP contribution in [0.3, 0.4) is 0 Å². The van der Waals surface area contributed by atoms with Gasteiger partial charge in [0.1, 0.15) is 21.4 Å². The van der Waals surface area contributed by atoms with Crippen LogP contribution in [-0.2, 0) is 12.8 Å². The normalized spacial score (nSPS) is 13.7. The third-order valence-electron chi connectivity index (χ3n) is 5.07. The number of ether oxygens (including phenoxy) is 1. The van der Waals surface area contributed by atoms with Gasteiger partial charge in [0.05, 0.1) is 12.9 Å². The summed E-state index contributed by atoms with van der Waals surface area (Å²) in [4.78, 5) is 24.9. The third-order valence-corrected chi connectivity index (χ3v) is 7.23. The molecule has 0 spiro atoms. The summed E-state index contributed by atoms with van der Waals surface area (Å²) in [7, 11) is 1.63. The van der Waals surface area contributed by atoms with Crippen molar-refractivity contribution in [2.75, 3.05) is 12.9 Å². The van der Waals surface area contributed by atoms with E-state index in [2.05, 4.69) is 13.8 Å². The van der Waals surface area contributed by atoms with E-state index in [1.54, 1.807) is 18.9 Å². The zero-order chi connectivity index (χ0) is 19.7. The molecule has 0 saturated carbocycles. The Bertz CT molecular complexity index is 1010. The van der Waals surface area contributed by atoms with Crippen molar-refractivity contribution in [3.63, 3.8) is 0 Å². The standard InChI is InChI=1S/C22H24N2O2S2/c1-13(2)20-23-21(19-16-6-4-5-7-18(16)28-22(19)24-20)27-12-17(25)14-8-10-15(26-3)11-9-14/h8-11,13H,4-7,12H2,1-3H3. The predicted molar refractivity (Wildman–Crippen MR) is 116 cm³/mol. The maximum atomic E-state index is 12.7. The van der Waals surface area contributed by atoms with E-state index in [1.165, 1.54) is 28.7 Å². The van der Waals surface area contributed by atoms with Crippen LogP contribution in [0.2, 0.25) is 0 Å². The highest BCUT2D eigenvalue weighted by atomic mass is 32.2. The Morgan fingerprint density at radius 3 is 2.64 bits per heavy atom. The lowest BCUT2D eigenvalue weighted by Gasteiger charge is -2.12. The first-order valence-electron chi connectivity index (χ1n) is 9.69. The second-order valence-electron chi connectivity index (χ2n) is 7.37. The van der Waals surface area contributed by atoms with E-state index in [4.69, 9.17) is 14.7 Å². The minimum absolute atomic E-state index is 0.106. The van der Waals surface area contributed by atoms with Crippen LogP contribution < -0.4 is 4.74 Å². The Balaban J connectivity index is 1.64. The van der Waals surface area contributed by atoms with E-state index < -0.39 is 0 Å². The minimum Gasteiger partial charge on any atom is -0.497 e. The molecule has 1 aliphatic rings. The molecule has 4 rings (SSSR count). The molecule has 1 aromatic carbocycles. The smallest absolute Gasteiger partial charge is 0.173 e. The highest BCUT2D eigenvalue weighted by Gasteiger charge is 2.22. The molecular weight excluding hydrogens is 388 g/mol. The van der Waals surface area contributed by atoms with Crippen LogP contribution >= 0.6 is 23.1 Å². The number of thioether (sulfide) groups is 1. The SMILES string of the molecule is COc1ccc(C(=O)CSc2nc(C(C)C)nc3sc4c(c23)CCCC4)cc1. The Morgan fingerprint density at radius 2 is 1.93 bits per heavy atom. The summed E-state index contributed by atoms with van der Waals surface area (Å²) in [5.41, 5.74) is 2.12. The number of fused-ring (bicyclic) bond motifs is 3. The summed E-state index contributed by atoms with van der Waals surface area (Å²) >= 11 is 3.36. The number of ketones is 1. The molecule has 4 nitrogen and oxygen atoms in total. The molecule has 0 amide bonds.